The zero-order chi connectivity index (χ0) is 22.1. The van der Waals surface area contributed by atoms with Crippen molar-refractivity contribution in [1.29, 1.82) is 0 Å². The lowest BCUT2D eigenvalue weighted by Gasteiger charge is -2.21. The van der Waals surface area contributed by atoms with Crippen molar-refractivity contribution in [3.63, 3.8) is 0 Å². The number of esters is 1. The largest absolute Gasteiger partial charge is 0.423 e. The van der Waals surface area contributed by atoms with Crippen LogP contribution < -0.4 is 16.2 Å². The molecule has 156 valence electrons. The normalized spacial score (nSPS) is 12.3. The van der Waals surface area contributed by atoms with Crippen molar-refractivity contribution in [2.75, 3.05) is 11.5 Å². The number of aryl methyl sites for hydroxylation is 1. The molecule has 0 fully saturated rings. The highest BCUT2D eigenvalue weighted by Gasteiger charge is 2.35. The fourth-order valence-corrected chi connectivity index (χ4v) is 3.78. The Kier molecular flexibility index (Phi) is 5.29. The van der Waals surface area contributed by atoms with E-state index in [2.05, 4.69) is 6.92 Å². The van der Waals surface area contributed by atoms with Crippen LogP contribution in [0, 0.1) is 0 Å². The zero-order valence-corrected chi connectivity index (χ0v) is 17.1. The molecule has 0 bridgehead atoms. The molecular formula is C25H22N2O4. The first-order valence-electron chi connectivity index (χ1n) is 10.1. The molecule has 0 radical (unpaired) electrons. The lowest BCUT2D eigenvalue weighted by Crippen LogP contribution is -2.26. The molecule has 0 amide bonds. The summed E-state index contributed by atoms with van der Waals surface area (Å²) in [5.41, 5.74) is 13.8. The second kappa shape index (κ2) is 8.07. The molecule has 6 nitrogen and oxygen atoms in total. The maximum Gasteiger partial charge on any atom is 0.345 e. The first-order valence-corrected chi connectivity index (χ1v) is 10.1. The van der Waals surface area contributed by atoms with Crippen LogP contribution >= 0.6 is 0 Å². The molecule has 0 atom stereocenters. The molecular weight excluding hydrogens is 392 g/mol. The minimum absolute atomic E-state index is 0.0129. The number of anilines is 2. The number of benzene rings is 3. The van der Waals surface area contributed by atoms with E-state index in [-0.39, 0.29) is 39.2 Å². The molecule has 4 N–H and O–H groups in total. The summed E-state index contributed by atoms with van der Waals surface area (Å²) in [7, 11) is 0. The third kappa shape index (κ3) is 3.57. The molecule has 1 aliphatic carbocycles. The first kappa shape index (κ1) is 20.3. The summed E-state index contributed by atoms with van der Waals surface area (Å²) in [4.78, 5) is 38.8. The Labute approximate surface area is 179 Å². The Morgan fingerprint density at radius 2 is 1.52 bits per heavy atom. The van der Waals surface area contributed by atoms with Crippen molar-refractivity contribution in [3.8, 4) is 5.75 Å². The number of ketones is 2. The van der Waals surface area contributed by atoms with Crippen LogP contribution in [-0.4, -0.2) is 17.5 Å². The Morgan fingerprint density at radius 3 is 2.13 bits per heavy atom. The number of carbonyl (C=O) groups excluding carboxylic acids is 3. The smallest absolute Gasteiger partial charge is 0.345 e. The standard InChI is InChI=1S/C25H22N2O4/c1-2-3-6-14-9-11-15(12-10-14)31-25(30)18-13-19(26)20-21(22(18)27)24(29)17-8-5-4-7-16(17)23(20)28/h4-5,7-13H,2-3,6,26-27H2,1H3. The number of fused-ring (bicyclic) bond motifs is 2. The molecule has 1 aliphatic rings. The predicted molar refractivity (Wildman–Crippen MR) is 119 cm³/mol. The quantitative estimate of drug-likeness (QED) is 0.288. The van der Waals surface area contributed by atoms with Crippen molar-refractivity contribution >= 4 is 28.9 Å². The van der Waals surface area contributed by atoms with Crippen LogP contribution in [0.2, 0.25) is 0 Å². The van der Waals surface area contributed by atoms with E-state index in [1.54, 1.807) is 36.4 Å². The molecule has 0 saturated heterocycles. The van der Waals surface area contributed by atoms with Crippen LogP contribution in [-0.2, 0) is 6.42 Å². The number of ether oxygens (including phenoxy) is 1. The summed E-state index contributed by atoms with van der Waals surface area (Å²) >= 11 is 0. The highest BCUT2D eigenvalue weighted by atomic mass is 16.5. The summed E-state index contributed by atoms with van der Waals surface area (Å²) in [5, 5.41) is 0. The number of hydrogen-bond donors (Lipinski definition) is 2. The van der Waals surface area contributed by atoms with Crippen LogP contribution in [0.3, 0.4) is 0 Å². The van der Waals surface area contributed by atoms with E-state index >= 15 is 0 Å². The summed E-state index contributed by atoms with van der Waals surface area (Å²) in [6, 6.07) is 15.0. The molecule has 3 aromatic rings. The maximum absolute atomic E-state index is 13.0. The number of unbranched alkanes of at least 4 members (excludes halogenated alkanes) is 1. The SMILES string of the molecule is CCCCc1ccc(OC(=O)c2cc(N)c3c(c2N)C(=O)c2ccccc2C3=O)cc1. The van der Waals surface area contributed by atoms with Gasteiger partial charge in [-0.05, 0) is 36.6 Å². The van der Waals surface area contributed by atoms with Gasteiger partial charge in [0.2, 0.25) is 0 Å². The van der Waals surface area contributed by atoms with E-state index in [4.69, 9.17) is 16.2 Å². The molecule has 3 aromatic carbocycles. The fourth-order valence-electron chi connectivity index (χ4n) is 3.78. The van der Waals surface area contributed by atoms with Crippen molar-refractivity contribution < 1.29 is 19.1 Å². The Bertz CT molecular complexity index is 1210. The number of hydrogen-bond acceptors (Lipinski definition) is 6. The van der Waals surface area contributed by atoms with E-state index in [9.17, 15) is 14.4 Å². The third-order valence-corrected chi connectivity index (χ3v) is 5.44. The molecule has 6 heteroatoms. The van der Waals surface area contributed by atoms with Gasteiger partial charge in [-0.3, -0.25) is 9.59 Å². The average molecular weight is 414 g/mol. The molecule has 4 rings (SSSR count). The van der Waals surface area contributed by atoms with E-state index in [0.29, 0.717) is 5.75 Å². The van der Waals surface area contributed by atoms with Gasteiger partial charge in [-0.2, -0.15) is 0 Å². The lowest BCUT2D eigenvalue weighted by atomic mass is 9.81. The Balaban J connectivity index is 1.68. The van der Waals surface area contributed by atoms with Gasteiger partial charge in [-0.25, -0.2) is 4.79 Å². The summed E-state index contributed by atoms with van der Waals surface area (Å²) in [6.45, 7) is 2.13. The second-order valence-corrected chi connectivity index (χ2v) is 7.52. The third-order valence-electron chi connectivity index (χ3n) is 5.44. The van der Waals surface area contributed by atoms with Crippen LogP contribution in [0.1, 0.15) is 67.5 Å². The molecule has 0 saturated carbocycles. The number of carbonyl (C=O) groups is 3. The zero-order valence-electron chi connectivity index (χ0n) is 17.1. The van der Waals surface area contributed by atoms with Gasteiger partial charge in [0, 0.05) is 16.8 Å². The summed E-state index contributed by atoms with van der Waals surface area (Å²) in [5.74, 6) is -1.22. The van der Waals surface area contributed by atoms with E-state index in [1.807, 2.05) is 12.1 Å². The van der Waals surface area contributed by atoms with Crippen LogP contribution in [0.4, 0.5) is 11.4 Å². The highest BCUT2D eigenvalue weighted by molar-refractivity contribution is 6.32. The van der Waals surface area contributed by atoms with Gasteiger partial charge in [0.15, 0.2) is 11.6 Å². The highest BCUT2D eigenvalue weighted by Crippen LogP contribution is 2.36. The predicted octanol–water partition coefficient (Wildman–Crippen LogP) is 4.19. The van der Waals surface area contributed by atoms with Gasteiger partial charge < -0.3 is 16.2 Å². The second-order valence-electron chi connectivity index (χ2n) is 7.52. The van der Waals surface area contributed by atoms with Gasteiger partial charge in [-0.15, -0.1) is 0 Å². The monoisotopic (exact) mass is 414 g/mol. The van der Waals surface area contributed by atoms with Gasteiger partial charge in [0.1, 0.15) is 5.75 Å². The van der Waals surface area contributed by atoms with Crippen LogP contribution in [0.25, 0.3) is 0 Å². The molecule has 0 spiro atoms. The van der Waals surface area contributed by atoms with E-state index < -0.39 is 17.5 Å². The van der Waals surface area contributed by atoms with Crippen LogP contribution in [0.5, 0.6) is 5.75 Å². The van der Waals surface area contributed by atoms with Crippen LogP contribution in [0.15, 0.2) is 54.6 Å². The van der Waals surface area contributed by atoms with E-state index in [0.717, 1.165) is 24.8 Å². The first-order chi connectivity index (χ1) is 14.9. The van der Waals surface area contributed by atoms with E-state index in [1.165, 1.54) is 6.07 Å². The molecule has 0 aromatic heterocycles. The molecule has 31 heavy (non-hydrogen) atoms. The fraction of sp³-hybridized carbons (Fsp3) is 0.160. The minimum atomic E-state index is -0.743. The Morgan fingerprint density at radius 1 is 0.903 bits per heavy atom. The topological polar surface area (TPSA) is 112 Å². The van der Waals surface area contributed by atoms with Crippen molar-refractivity contribution in [2.24, 2.45) is 0 Å². The van der Waals surface area contributed by atoms with Gasteiger partial charge >= 0.3 is 5.97 Å². The lowest BCUT2D eigenvalue weighted by molar-refractivity contribution is 0.0735. The summed E-state index contributed by atoms with van der Waals surface area (Å²) < 4.78 is 5.45. The Hall–Kier alpha value is -3.93. The summed E-state index contributed by atoms with van der Waals surface area (Å²) in [6.07, 6.45) is 3.14. The maximum atomic E-state index is 13.0. The molecule has 0 unspecified atom stereocenters. The van der Waals surface area contributed by atoms with Gasteiger partial charge in [0.05, 0.1) is 22.4 Å². The number of nitrogens with two attached hydrogens (primary N) is 2. The van der Waals surface area contributed by atoms with Crippen molar-refractivity contribution in [1.82, 2.24) is 0 Å². The van der Waals surface area contributed by atoms with Crippen molar-refractivity contribution in [2.45, 2.75) is 26.2 Å². The van der Waals surface area contributed by atoms with Crippen molar-refractivity contribution in [3.05, 3.63) is 88.0 Å². The van der Waals surface area contributed by atoms with Gasteiger partial charge in [-0.1, -0.05) is 49.7 Å². The molecule has 0 aliphatic heterocycles. The number of nitrogen functional groups attached to an aromatic ring is 2. The van der Waals surface area contributed by atoms with Gasteiger partial charge in [0.25, 0.3) is 0 Å². The average Bonchev–Trinajstić information content (AvgIpc) is 2.78. The number of rotatable bonds is 5. The minimum Gasteiger partial charge on any atom is -0.423 e. The molecule has 0 heterocycles.